The van der Waals surface area contributed by atoms with Crippen LogP contribution in [0.3, 0.4) is 0 Å². The third kappa shape index (κ3) is 9.22. The average molecular weight is 239 g/mol. The lowest BCUT2D eigenvalue weighted by Crippen LogP contribution is -2.07. The average Bonchev–Trinajstić information content (AvgIpc) is 2.12. The predicted molar refractivity (Wildman–Crippen MR) is 65.9 cm³/mol. The van der Waals surface area contributed by atoms with Crippen LogP contribution in [0, 0.1) is 0 Å². The molecule has 14 heavy (non-hydrogen) atoms. The molecule has 0 aromatic carbocycles. The van der Waals surface area contributed by atoms with Crippen LogP contribution in [0.15, 0.2) is 0 Å². The number of nitrogens with zero attached hydrogens (tertiary/aromatic N) is 1. The highest BCUT2D eigenvalue weighted by atomic mass is 32.1. The summed E-state index contributed by atoms with van der Waals surface area (Å²) in [5.74, 6) is 0. The number of hydrogen-bond acceptors (Lipinski definition) is 4. The minimum Gasteiger partial charge on any atom is -0.334 e. The summed E-state index contributed by atoms with van der Waals surface area (Å²) < 4.78 is 12.9. The first-order valence-electron chi connectivity index (χ1n) is 5.14. The van der Waals surface area contributed by atoms with Crippen molar-refractivity contribution in [3.63, 3.8) is 0 Å². The van der Waals surface area contributed by atoms with Gasteiger partial charge in [0.2, 0.25) is 0 Å². The molecule has 0 amide bonds. The summed E-state index contributed by atoms with van der Waals surface area (Å²) >= 11 is 4.18. The lowest BCUT2D eigenvalue weighted by Gasteiger charge is -2.15. The molecule has 3 nitrogen and oxygen atoms in total. The standard InChI is InChI=1S/C9H22NO2PS/c1-4-11-13(12-5-2)9-7-6-8-10(3)14/h14H,4-9H2,1-3H3. The molecule has 0 aliphatic rings. The predicted octanol–water partition coefficient (Wildman–Crippen LogP) is 2.93. The van der Waals surface area contributed by atoms with Gasteiger partial charge in [0, 0.05) is 12.7 Å². The zero-order valence-corrected chi connectivity index (χ0v) is 11.2. The first-order valence-corrected chi connectivity index (χ1v) is 6.90. The number of unbranched alkanes of at least 4 members (excludes halogenated alkanes) is 1. The van der Waals surface area contributed by atoms with Gasteiger partial charge in [-0.15, -0.1) is 0 Å². The summed E-state index contributed by atoms with van der Waals surface area (Å²) in [5.41, 5.74) is 0. The van der Waals surface area contributed by atoms with Crippen molar-refractivity contribution in [2.75, 3.05) is 33.0 Å². The van der Waals surface area contributed by atoms with Crippen LogP contribution in [0.2, 0.25) is 0 Å². The summed E-state index contributed by atoms with van der Waals surface area (Å²) in [5, 5.41) is 0. The Kier molecular flexibility index (Phi) is 10.7. The number of hydrogen-bond donors (Lipinski definition) is 1. The third-order valence-electron chi connectivity index (χ3n) is 1.62. The molecule has 5 heteroatoms. The van der Waals surface area contributed by atoms with E-state index in [0.29, 0.717) is 0 Å². The molecule has 0 fully saturated rings. The smallest absolute Gasteiger partial charge is 0.170 e. The molecule has 0 rings (SSSR count). The van der Waals surface area contributed by atoms with Crippen LogP contribution in [-0.4, -0.2) is 37.3 Å². The van der Waals surface area contributed by atoms with Crippen molar-refractivity contribution in [3.05, 3.63) is 0 Å². The first kappa shape index (κ1) is 14.7. The fourth-order valence-corrected chi connectivity index (χ4v) is 2.57. The molecule has 86 valence electrons. The van der Waals surface area contributed by atoms with Crippen molar-refractivity contribution < 1.29 is 9.05 Å². The Balaban J connectivity index is 3.40. The second-order valence-electron chi connectivity index (χ2n) is 2.98. The zero-order valence-electron chi connectivity index (χ0n) is 9.40. The third-order valence-corrected chi connectivity index (χ3v) is 3.59. The molecular weight excluding hydrogens is 217 g/mol. The molecule has 0 heterocycles. The van der Waals surface area contributed by atoms with Gasteiger partial charge in [0.1, 0.15) is 0 Å². The van der Waals surface area contributed by atoms with Crippen LogP contribution in [0.4, 0.5) is 0 Å². The van der Waals surface area contributed by atoms with Crippen LogP contribution < -0.4 is 0 Å². The Morgan fingerprint density at radius 3 is 2.14 bits per heavy atom. The van der Waals surface area contributed by atoms with Gasteiger partial charge in [0.15, 0.2) is 8.38 Å². The van der Waals surface area contributed by atoms with E-state index in [4.69, 9.17) is 9.05 Å². The molecule has 0 radical (unpaired) electrons. The Bertz CT molecular complexity index is 121. The van der Waals surface area contributed by atoms with Crippen molar-refractivity contribution in [1.29, 1.82) is 0 Å². The van der Waals surface area contributed by atoms with E-state index >= 15 is 0 Å². The number of thiol groups is 1. The monoisotopic (exact) mass is 239 g/mol. The lowest BCUT2D eigenvalue weighted by molar-refractivity contribution is 0.268. The van der Waals surface area contributed by atoms with E-state index < -0.39 is 8.38 Å². The van der Waals surface area contributed by atoms with Crippen LogP contribution in [-0.2, 0) is 9.05 Å². The summed E-state index contributed by atoms with van der Waals surface area (Å²) in [6, 6.07) is 0. The van der Waals surface area contributed by atoms with Crippen molar-refractivity contribution in [3.8, 4) is 0 Å². The highest BCUT2D eigenvalue weighted by Crippen LogP contribution is 2.38. The normalized spacial score (nSPS) is 11.6. The van der Waals surface area contributed by atoms with Gasteiger partial charge in [-0.1, -0.05) is 12.8 Å². The second kappa shape index (κ2) is 10.2. The van der Waals surface area contributed by atoms with Gasteiger partial charge in [-0.2, -0.15) is 0 Å². The van der Waals surface area contributed by atoms with Crippen LogP contribution >= 0.6 is 21.2 Å². The summed E-state index contributed by atoms with van der Waals surface area (Å²) in [7, 11) is 1.33. The Hall–Kier alpha value is 0.660. The maximum Gasteiger partial charge on any atom is 0.170 e. The summed E-state index contributed by atoms with van der Waals surface area (Å²) in [6.07, 6.45) is 3.34. The largest absolute Gasteiger partial charge is 0.334 e. The molecule has 0 N–H and O–H groups in total. The van der Waals surface area contributed by atoms with E-state index in [1.54, 1.807) is 0 Å². The molecule has 0 saturated carbocycles. The topological polar surface area (TPSA) is 21.7 Å². The van der Waals surface area contributed by atoms with Crippen molar-refractivity contribution in [2.24, 2.45) is 0 Å². The van der Waals surface area contributed by atoms with Crippen molar-refractivity contribution in [2.45, 2.75) is 26.7 Å². The summed E-state index contributed by atoms with van der Waals surface area (Å²) in [6.45, 7) is 6.53. The van der Waals surface area contributed by atoms with Gasteiger partial charge in [0.05, 0.1) is 13.2 Å². The molecule has 0 unspecified atom stereocenters. The highest BCUT2D eigenvalue weighted by molar-refractivity contribution is 7.77. The molecule has 0 saturated heterocycles. The van der Waals surface area contributed by atoms with E-state index in [0.717, 1.165) is 38.8 Å². The van der Waals surface area contributed by atoms with Crippen molar-refractivity contribution in [1.82, 2.24) is 4.31 Å². The Morgan fingerprint density at radius 2 is 1.71 bits per heavy atom. The second-order valence-corrected chi connectivity index (χ2v) is 5.29. The highest BCUT2D eigenvalue weighted by Gasteiger charge is 2.07. The molecule has 0 aromatic heterocycles. The van der Waals surface area contributed by atoms with E-state index in [-0.39, 0.29) is 0 Å². The van der Waals surface area contributed by atoms with Crippen molar-refractivity contribution >= 4 is 21.2 Å². The Morgan fingerprint density at radius 1 is 1.14 bits per heavy atom. The molecular formula is C9H22NO2PS. The van der Waals surface area contributed by atoms with E-state index in [1.807, 2.05) is 25.2 Å². The van der Waals surface area contributed by atoms with Crippen LogP contribution in [0.5, 0.6) is 0 Å². The van der Waals surface area contributed by atoms with E-state index in [1.165, 1.54) is 0 Å². The lowest BCUT2D eigenvalue weighted by atomic mass is 10.3. The van der Waals surface area contributed by atoms with Crippen LogP contribution in [0.25, 0.3) is 0 Å². The SMILES string of the molecule is CCOP(CCCCN(C)S)OCC. The van der Waals surface area contributed by atoms with Crippen LogP contribution in [0.1, 0.15) is 26.7 Å². The first-order chi connectivity index (χ1) is 6.70. The quantitative estimate of drug-likeness (QED) is 0.380. The molecule has 0 aromatic rings. The molecule has 0 aliphatic carbocycles. The van der Waals surface area contributed by atoms with Gasteiger partial charge < -0.3 is 9.05 Å². The van der Waals surface area contributed by atoms with Gasteiger partial charge in [-0.3, -0.25) is 4.31 Å². The minimum absolute atomic E-state index is 0.635. The van der Waals surface area contributed by atoms with E-state index in [9.17, 15) is 0 Å². The Labute approximate surface area is 94.6 Å². The number of rotatable bonds is 9. The molecule has 0 aliphatic heterocycles. The van der Waals surface area contributed by atoms with Gasteiger partial charge in [0.25, 0.3) is 0 Å². The maximum absolute atomic E-state index is 5.50. The van der Waals surface area contributed by atoms with E-state index in [2.05, 4.69) is 12.8 Å². The van der Waals surface area contributed by atoms with Gasteiger partial charge >= 0.3 is 0 Å². The fourth-order valence-electron chi connectivity index (χ4n) is 1.04. The zero-order chi connectivity index (χ0) is 10.8. The minimum atomic E-state index is -0.635. The maximum atomic E-state index is 5.50. The van der Waals surface area contributed by atoms with Gasteiger partial charge in [-0.05, 0) is 33.7 Å². The molecule has 0 spiro atoms. The van der Waals surface area contributed by atoms with Gasteiger partial charge in [-0.25, -0.2) is 0 Å². The molecule has 0 atom stereocenters. The molecule has 0 bridgehead atoms. The fraction of sp³-hybridized carbons (Fsp3) is 1.00. The summed E-state index contributed by atoms with van der Waals surface area (Å²) in [4.78, 5) is 0.